The standard InChI is InChI=1S/C16H31NO/c1-4-6-7-11-15(9-5-2)16(18)17-12-8-10-14(3)13-17/h14-15H,4-13H2,1-3H3. The fraction of sp³-hybridized carbons (Fsp3) is 0.938. The third-order valence-electron chi connectivity index (χ3n) is 4.11. The van der Waals surface area contributed by atoms with E-state index in [0.717, 1.165) is 32.4 Å². The fourth-order valence-corrected chi connectivity index (χ4v) is 3.03. The average molecular weight is 253 g/mol. The molecule has 106 valence electrons. The second-order valence-electron chi connectivity index (χ2n) is 6.01. The highest BCUT2D eigenvalue weighted by molar-refractivity contribution is 5.78. The number of carbonyl (C=O) groups is 1. The first-order valence-corrected chi connectivity index (χ1v) is 7.97. The van der Waals surface area contributed by atoms with Crippen LogP contribution < -0.4 is 0 Å². The fourth-order valence-electron chi connectivity index (χ4n) is 3.03. The zero-order chi connectivity index (χ0) is 13.4. The van der Waals surface area contributed by atoms with Crippen LogP contribution in [0, 0.1) is 11.8 Å². The van der Waals surface area contributed by atoms with Gasteiger partial charge in [0.05, 0.1) is 0 Å². The highest BCUT2D eigenvalue weighted by Gasteiger charge is 2.26. The first kappa shape index (κ1) is 15.5. The van der Waals surface area contributed by atoms with Crippen molar-refractivity contribution in [1.29, 1.82) is 0 Å². The molecule has 0 N–H and O–H groups in total. The topological polar surface area (TPSA) is 20.3 Å². The Morgan fingerprint density at radius 2 is 2.00 bits per heavy atom. The Labute approximate surface area is 113 Å². The molecule has 0 saturated carbocycles. The zero-order valence-electron chi connectivity index (χ0n) is 12.6. The molecule has 1 heterocycles. The van der Waals surface area contributed by atoms with Crippen molar-refractivity contribution < 1.29 is 4.79 Å². The van der Waals surface area contributed by atoms with Crippen LogP contribution in [0.15, 0.2) is 0 Å². The normalized spacial score (nSPS) is 21.9. The molecule has 2 unspecified atom stereocenters. The number of unbranched alkanes of at least 4 members (excludes halogenated alkanes) is 2. The number of rotatable bonds is 7. The summed E-state index contributed by atoms with van der Waals surface area (Å²) >= 11 is 0. The van der Waals surface area contributed by atoms with Crippen molar-refractivity contribution in [3.8, 4) is 0 Å². The summed E-state index contributed by atoms with van der Waals surface area (Å²) in [4.78, 5) is 14.7. The average Bonchev–Trinajstić information content (AvgIpc) is 2.37. The van der Waals surface area contributed by atoms with E-state index in [1.54, 1.807) is 0 Å². The second kappa shape index (κ2) is 8.55. The Morgan fingerprint density at radius 3 is 2.61 bits per heavy atom. The third-order valence-corrected chi connectivity index (χ3v) is 4.11. The summed E-state index contributed by atoms with van der Waals surface area (Å²) in [5.74, 6) is 1.44. The largest absolute Gasteiger partial charge is 0.342 e. The third kappa shape index (κ3) is 4.99. The van der Waals surface area contributed by atoms with E-state index in [-0.39, 0.29) is 0 Å². The minimum absolute atomic E-state index is 0.298. The van der Waals surface area contributed by atoms with Crippen molar-refractivity contribution in [2.45, 2.75) is 72.1 Å². The Hall–Kier alpha value is -0.530. The summed E-state index contributed by atoms with van der Waals surface area (Å²) in [5, 5.41) is 0. The molecule has 1 saturated heterocycles. The van der Waals surface area contributed by atoms with Crippen LogP contribution in [-0.4, -0.2) is 23.9 Å². The minimum atomic E-state index is 0.298. The lowest BCUT2D eigenvalue weighted by atomic mass is 9.92. The molecule has 2 atom stereocenters. The van der Waals surface area contributed by atoms with Gasteiger partial charge in [0.1, 0.15) is 0 Å². The lowest BCUT2D eigenvalue weighted by Gasteiger charge is -2.33. The summed E-state index contributed by atoms with van der Waals surface area (Å²) in [7, 11) is 0. The predicted octanol–water partition coefficient (Wildman–Crippen LogP) is 4.24. The SMILES string of the molecule is CCCCCC(CCC)C(=O)N1CCCC(C)C1. The molecular formula is C16H31NO. The van der Waals surface area contributed by atoms with Crippen LogP contribution in [0.3, 0.4) is 0 Å². The molecule has 0 spiro atoms. The predicted molar refractivity (Wildman–Crippen MR) is 77.5 cm³/mol. The Bertz CT molecular complexity index is 239. The summed E-state index contributed by atoms with van der Waals surface area (Å²) in [6.07, 6.45) is 9.53. The van der Waals surface area contributed by atoms with Crippen LogP contribution in [0.4, 0.5) is 0 Å². The summed E-state index contributed by atoms with van der Waals surface area (Å²) < 4.78 is 0. The maximum atomic E-state index is 12.6. The van der Waals surface area contributed by atoms with E-state index in [2.05, 4.69) is 25.7 Å². The van der Waals surface area contributed by atoms with Crippen LogP contribution in [-0.2, 0) is 4.79 Å². The van der Waals surface area contributed by atoms with Gasteiger partial charge in [-0.1, -0.05) is 46.5 Å². The van der Waals surface area contributed by atoms with Crippen molar-refractivity contribution in [3.05, 3.63) is 0 Å². The van der Waals surface area contributed by atoms with Gasteiger partial charge in [-0.3, -0.25) is 4.79 Å². The quantitative estimate of drug-likeness (QED) is 0.621. The number of amides is 1. The highest BCUT2D eigenvalue weighted by atomic mass is 16.2. The molecule has 0 radical (unpaired) electrons. The number of hydrogen-bond acceptors (Lipinski definition) is 1. The molecule has 1 amide bonds. The van der Waals surface area contributed by atoms with Crippen LogP contribution >= 0.6 is 0 Å². The van der Waals surface area contributed by atoms with Gasteiger partial charge in [-0.05, 0) is 31.6 Å². The second-order valence-corrected chi connectivity index (χ2v) is 6.01. The first-order chi connectivity index (χ1) is 8.69. The molecule has 0 bridgehead atoms. The van der Waals surface area contributed by atoms with Gasteiger partial charge in [0.15, 0.2) is 0 Å². The molecular weight excluding hydrogens is 222 g/mol. The van der Waals surface area contributed by atoms with Gasteiger partial charge < -0.3 is 4.90 Å². The van der Waals surface area contributed by atoms with Crippen molar-refractivity contribution in [2.75, 3.05) is 13.1 Å². The number of nitrogens with zero attached hydrogens (tertiary/aromatic N) is 1. The van der Waals surface area contributed by atoms with Gasteiger partial charge in [0, 0.05) is 19.0 Å². The molecule has 2 nitrogen and oxygen atoms in total. The van der Waals surface area contributed by atoms with Crippen molar-refractivity contribution in [2.24, 2.45) is 11.8 Å². The van der Waals surface area contributed by atoms with Crippen molar-refractivity contribution in [1.82, 2.24) is 4.90 Å². The maximum Gasteiger partial charge on any atom is 0.225 e. The number of likely N-dealkylation sites (tertiary alicyclic amines) is 1. The first-order valence-electron chi connectivity index (χ1n) is 7.97. The zero-order valence-corrected chi connectivity index (χ0v) is 12.6. The smallest absolute Gasteiger partial charge is 0.225 e. The molecule has 0 aromatic rings. The van der Waals surface area contributed by atoms with E-state index in [1.807, 2.05) is 0 Å². The molecule has 1 fully saturated rings. The van der Waals surface area contributed by atoms with E-state index in [0.29, 0.717) is 17.7 Å². The molecule has 0 aromatic carbocycles. The van der Waals surface area contributed by atoms with E-state index < -0.39 is 0 Å². The molecule has 1 rings (SSSR count). The van der Waals surface area contributed by atoms with Crippen LogP contribution in [0.5, 0.6) is 0 Å². The van der Waals surface area contributed by atoms with Gasteiger partial charge >= 0.3 is 0 Å². The van der Waals surface area contributed by atoms with E-state index in [1.165, 1.54) is 32.1 Å². The van der Waals surface area contributed by atoms with Crippen molar-refractivity contribution in [3.63, 3.8) is 0 Å². The van der Waals surface area contributed by atoms with E-state index in [4.69, 9.17) is 0 Å². The maximum absolute atomic E-state index is 12.6. The summed E-state index contributed by atoms with van der Waals surface area (Å²) in [5.41, 5.74) is 0. The van der Waals surface area contributed by atoms with Crippen LogP contribution in [0.1, 0.15) is 72.1 Å². The Kier molecular flexibility index (Phi) is 7.38. The lowest BCUT2D eigenvalue weighted by molar-refractivity contribution is -0.137. The minimum Gasteiger partial charge on any atom is -0.342 e. The monoisotopic (exact) mass is 253 g/mol. The number of carbonyl (C=O) groups excluding carboxylic acids is 1. The van der Waals surface area contributed by atoms with Crippen LogP contribution in [0.2, 0.25) is 0 Å². The van der Waals surface area contributed by atoms with Gasteiger partial charge in [-0.15, -0.1) is 0 Å². The van der Waals surface area contributed by atoms with E-state index >= 15 is 0 Å². The van der Waals surface area contributed by atoms with E-state index in [9.17, 15) is 4.79 Å². The molecule has 0 aliphatic carbocycles. The van der Waals surface area contributed by atoms with Gasteiger partial charge in [0.2, 0.25) is 5.91 Å². The number of hydrogen-bond donors (Lipinski definition) is 0. The van der Waals surface area contributed by atoms with Gasteiger partial charge in [-0.2, -0.15) is 0 Å². The summed E-state index contributed by atoms with van der Waals surface area (Å²) in [6.45, 7) is 8.68. The molecule has 0 aromatic heterocycles. The Balaban J connectivity index is 2.46. The Morgan fingerprint density at radius 1 is 1.22 bits per heavy atom. The van der Waals surface area contributed by atoms with Gasteiger partial charge in [-0.25, -0.2) is 0 Å². The molecule has 1 aliphatic heterocycles. The molecule has 1 aliphatic rings. The van der Waals surface area contributed by atoms with Crippen molar-refractivity contribution >= 4 is 5.91 Å². The summed E-state index contributed by atoms with van der Waals surface area (Å²) in [6, 6.07) is 0. The van der Waals surface area contributed by atoms with Crippen LogP contribution in [0.25, 0.3) is 0 Å². The molecule has 18 heavy (non-hydrogen) atoms. The molecule has 2 heteroatoms. The lowest BCUT2D eigenvalue weighted by Crippen LogP contribution is -2.42. The highest BCUT2D eigenvalue weighted by Crippen LogP contribution is 2.22. The number of piperidine rings is 1. The van der Waals surface area contributed by atoms with Gasteiger partial charge in [0.25, 0.3) is 0 Å².